The van der Waals surface area contributed by atoms with Gasteiger partial charge in [0.2, 0.25) is 0 Å². The molecule has 0 saturated carbocycles. The van der Waals surface area contributed by atoms with Gasteiger partial charge in [0.25, 0.3) is 0 Å². The smallest absolute Gasteiger partial charge is 0.00278 e. The summed E-state index contributed by atoms with van der Waals surface area (Å²) in [6.45, 7) is 15.1. The van der Waals surface area contributed by atoms with Crippen LogP contribution in [0, 0.1) is 5.41 Å². The lowest BCUT2D eigenvalue weighted by Crippen LogP contribution is -2.05. The molecule has 0 fully saturated rings. The van der Waals surface area contributed by atoms with Crippen LogP contribution >= 0.6 is 8.58 Å². The van der Waals surface area contributed by atoms with Crippen LogP contribution in [0.15, 0.2) is 24.0 Å². The van der Waals surface area contributed by atoms with Crippen LogP contribution in [-0.2, 0) is 0 Å². The molecule has 0 aromatic rings. The van der Waals surface area contributed by atoms with Gasteiger partial charge in [0, 0.05) is 0 Å². The van der Waals surface area contributed by atoms with Gasteiger partial charge in [-0.25, -0.2) is 0 Å². The Bertz CT molecular complexity index is 184. The maximum Gasteiger partial charge on any atom is -0.00278 e. The molecule has 0 spiro atoms. The molecular weight excluding hydrogens is 175 g/mol. The quantitative estimate of drug-likeness (QED) is 0.458. The molecule has 0 aliphatic rings. The summed E-state index contributed by atoms with van der Waals surface area (Å²) < 4.78 is 0. The van der Waals surface area contributed by atoms with Crippen LogP contribution in [0.25, 0.3) is 0 Å². The van der Waals surface area contributed by atoms with E-state index in [9.17, 15) is 0 Å². The lowest BCUT2D eigenvalue weighted by atomic mass is 9.89. The predicted molar refractivity (Wildman–Crippen MR) is 65.8 cm³/mol. The van der Waals surface area contributed by atoms with E-state index < -0.39 is 0 Å². The fraction of sp³-hybridized carbons (Fsp3) is 0.667. The summed E-state index contributed by atoms with van der Waals surface area (Å²) in [5.74, 6) is 2.38. The molecule has 2 unspecified atom stereocenters. The van der Waals surface area contributed by atoms with Crippen molar-refractivity contribution in [3.8, 4) is 0 Å². The highest BCUT2D eigenvalue weighted by Crippen LogP contribution is 2.32. The van der Waals surface area contributed by atoms with Gasteiger partial charge in [-0.3, -0.25) is 0 Å². The third-order valence-corrected chi connectivity index (χ3v) is 4.09. The van der Waals surface area contributed by atoms with E-state index in [2.05, 4.69) is 53.1 Å². The number of hydrogen-bond donors (Lipinski definition) is 0. The van der Waals surface area contributed by atoms with Crippen molar-refractivity contribution in [3.05, 3.63) is 24.0 Å². The molecule has 0 radical (unpaired) electrons. The van der Waals surface area contributed by atoms with Crippen molar-refractivity contribution in [1.29, 1.82) is 0 Å². The SMILES string of the molecule is C=CC(CC)P/C=C(\C)C(C)(C)C. The molecular formula is C12H23P. The molecule has 0 bridgehead atoms. The minimum absolute atomic E-state index is 0.326. The highest BCUT2D eigenvalue weighted by Gasteiger charge is 2.12. The van der Waals surface area contributed by atoms with Crippen LogP contribution in [0.5, 0.6) is 0 Å². The summed E-state index contributed by atoms with van der Waals surface area (Å²) in [6.07, 6.45) is 3.28. The molecule has 2 atom stereocenters. The summed E-state index contributed by atoms with van der Waals surface area (Å²) >= 11 is 0. The lowest BCUT2D eigenvalue weighted by Gasteiger charge is -2.20. The van der Waals surface area contributed by atoms with Crippen molar-refractivity contribution in [3.63, 3.8) is 0 Å². The molecule has 0 aliphatic heterocycles. The Hall–Kier alpha value is -0.0900. The van der Waals surface area contributed by atoms with E-state index in [1.807, 2.05) is 0 Å². The fourth-order valence-electron chi connectivity index (χ4n) is 0.801. The third-order valence-electron chi connectivity index (χ3n) is 2.42. The van der Waals surface area contributed by atoms with Gasteiger partial charge in [-0.1, -0.05) is 53.7 Å². The molecule has 0 N–H and O–H groups in total. The van der Waals surface area contributed by atoms with Crippen molar-refractivity contribution in [2.24, 2.45) is 5.41 Å². The second kappa shape index (κ2) is 5.60. The highest BCUT2D eigenvalue weighted by atomic mass is 31.1. The standard InChI is InChI=1S/C12H23P/c1-7-11(8-2)13-9-10(3)12(4,5)6/h7,9,11,13H,1,8H2,2-6H3/b10-9+. The Balaban J connectivity index is 4.18. The van der Waals surface area contributed by atoms with Crippen LogP contribution in [-0.4, -0.2) is 5.66 Å². The fourth-order valence-corrected chi connectivity index (χ4v) is 2.07. The first-order valence-electron chi connectivity index (χ1n) is 4.97. The van der Waals surface area contributed by atoms with Crippen molar-refractivity contribution in [2.75, 3.05) is 0 Å². The Morgan fingerprint density at radius 1 is 1.46 bits per heavy atom. The van der Waals surface area contributed by atoms with Gasteiger partial charge in [-0.15, -0.1) is 6.58 Å². The first-order valence-corrected chi connectivity index (χ1v) is 6.13. The van der Waals surface area contributed by atoms with E-state index in [-0.39, 0.29) is 0 Å². The van der Waals surface area contributed by atoms with Gasteiger partial charge in [-0.2, -0.15) is 0 Å². The molecule has 0 amide bonds. The van der Waals surface area contributed by atoms with E-state index in [0.717, 1.165) is 8.58 Å². The molecule has 0 saturated heterocycles. The molecule has 0 aromatic heterocycles. The summed E-state index contributed by atoms with van der Waals surface area (Å²) in [6, 6.07) is 0. The molecule has 0 aliphatic carbocycles. The van der Waals surface area contributed by atoms with Gasteiger partial charge in [-0.05, 0) is 24.4 Å². The lowest BCUT2D eigenvalue weighted by molar-refractivity contribution is 0.505. The Labute approximate surface area is 85.3 Å². The van der Waals surface area contributed by atoms with Gasteiger partial charge in [0.15, 0.2) is 0 Å². The zero-order valence-electron chi connectivity index (χ0n) is 9.65. The van der Waals surface area contributed by atoms with Gasteiger partial charge in [0.1, 0.15) is 0 Å². The normalized spacial score (nSPS) is 16.5. The third kappa shape index (κ3) is 5.26. The van der Waals surface area contributed by atoms with E-state index in [1.54, 1.807) is 0 Å². The zero-order chi connectivity index (χ0) is 10.5. The maximum absolute atomic E-state index is 3.85. The predicted octanol–water partition coefficient (Wildman–Crippen LogP) is 4.58. The second-order valence-electron chi connectivity index (χ2n) is 4.49. The number of hydrogen-bond acceptors (Lipinski definition) is 0. The minimum Gasteiger partial charge on any atom is -0.102 e. The van der Waals surface area contributed by atoms with Crippen LogP contribution in [0.1, 0.15) is 41.0 Å². The molecule has 76 valence electrons. The first kappa shape index (κ1) is 12.9. The second-order valence-corrected chi connectivity index (χ2v) is 5.86. The molecule has 13 heavy (non-hydrogen) atoms. The van der Waals surface area contributed by atoms with Crippen molar-refractivity contribution in [1.82, 2.24) is 0 Å². The van der Waals surface area contributed by atoms with Crippen LogP contribution in [0.2, 0.25) is 0 Å². The molecule has 0 rings (SSSR count). The average molecular weight is 198 g/mol. The molecule has 0 heterocycles. The Morgan fingerprint density at radius 2 is 2.00 bits per heavy atom. The highest BCUT2D eigenvalue weighted by molar-refractivity contribution is 7.42. The topological polar surface area (TPSA) is 0 Å². The zero-order valence-corrected chi connectivity index (χ0v) is 10.6. The van der Waals surface area contributed by atoms with E-state index in [4.69, 9.17) is 0 Å². The van der Waals surface area contributed by atoms with Crippen LogP contribution < -0.4 is 0 Å². The Kier molecular flexibility index (Phi) is 5.56. The number of allylic oxidation sites excluding steroid dienone is 2. The van der Waals surface area contributed by atoms with Crippen molar-refractivity contribution < 1.29 is 0 Å². The van der Waals surface area contributed by atoms with Crippen LogP contribution in [0.3, 0.4) is 0 Å². The molecule has 1 heteroatoms. The largest absolute Gasteiger partial charge is 0.102 e. The maximum atomic E-state index is 3.85. The first-order chi connectivity index (χ1) is 5.91. The van der Waals surface area contributed by atoms with Crippen LogP contribution in [0.4, 0.5) is 0 Å². The summed E-state index contributed by atoms with van der Waals surface area (Å²) in [5.41, 5.74) is 2.50. The Morgan fingerprint density at radius 3 is 2.31 bits per heavy atom. The van der Waals surface area contributed by atoms with Gasteiger partial charge < -0.3 is 0 Å². The van der Waals surface area contributed by atoms with E-state index in [0.29, 0.717) is 11.1 Å². The van der Waals surface area contributed by atoms with Gasteiger partial charge >= 0.3 is 0 Å². The monoisotopic (exact) mass is 198 g/mol. The molecule has 0 nitrogen and oxygen atoms in total. The van der Waals surface area contributed by atoms with Crippen molar-refractivity contribution in [2.45, 2.75) is 46.7 Å². The summed E-state index contributed by atoms with van der Waals surface area (Å²) in [4.78, 5) is 0. The van der Waals surface area contributed by atoms with Crippen molar-refractivity contribution >= 4 is 8.58 Å². The summed E-state index contributed by atoms with van der Waals surface area (Å²) in [5, 5.41) is 0. The average Bonchev–Trinajstić information content (AvgIpc) is 2.04. The van der Waals surface area contributed by atoms with E-state index >= 15 is 0 Å². The summed E-state index contributed by atoms with van der Waals surface area (Å²) in [7, 11) is 0.897. The number of rotatable bonds is 4. The van der Waals surface area contributed by atoms with E-state index in [1.165, 1.54) is 12.0 Å². The minimum atomic E-state index is 0.326. The molecule has 0 aromatic carbocycles. The van der Waals surface area contributed by atoms with Gasteiger partial charge in [0.05, 0.1) is 0 Å².